The van der Waals surface area contributed by atoms with E-state index >= 15 is 0 Å². The molecule has 3 N–H and O–H groups in total. The number of hydrogen-bond donors (Lipinski definition) is 2. The molecule has 0 aliphatic carbocycles. The molecule has 0 unspecified atom stereocenters. The number of benzene rings is 1. The molecule has 1 aromatic rings. The second kappa shape index (κ2) is 5.61. The van der Waals surface area contributed by atoms with Crippen LogP contribution < -0.4 is 11.1 Å². The van der Waals surface area contributed by atoms with Gasteiger partial charge in [0.05, 0.1) is 11.0 Å². The number of alkyl halides is 3. The van der Waals surface area contributed by atoms with Crippen LogP contribution in [0.5, 0.6) is 0 Å². The molecule has 1 aromatic carbocycles. The fourth-order valence-corrected chi connectivity index (χ4v) is 1.80. The third-order valence-corrected chi connectivity index (χ3v) is 2.90. The van der Waals surface area contributed by atoms with E-state index < -0.39 is 23.1 Å². The van der Waals surface area contributed by atoms with Crippen molar-refractivity contribution in [1.29, 1.82) is 0 Å². The number of rotatable bonds is 4. The lowest BCUT2D eigenvalue weighted by Crippen LogP contribution is -2.43. The van der Waals surface area contributed by atoms with Gasteiger partial charge in [0.2, 0.25) is 5.91 Å². The zero-order valence-corrected chi connectivity index (χ0v) is 10.8. The van der Waals surface area contributed by atoms with E-state index in [1.165, 1.54) is 32.0 Å². The highest BCUT2D eigenvalue weighted by Gasteiger charge is 2.40. The summed E-state index contributed by atoms with van der Waals surface area (Å²) in [6.45, 7) is 3.39. The molecule has 0 fully saturated rings. The van der Waals surface area contributed by atoms with Crippen LogP contribution in [0.25, 0.3) is 0 Å². The summed E-state index contributed by atoms with van der Waals surface area (Å²) in [5.74, 6) is -0.477. The first-order chi connectivity index (χ1) is 8.71. The molecule has 1 amide bonds. The van der Waals surface area contributed by atoms with Gasteiger partial charge >= 0.3 is 6.18 Å². The molecule has 0 aliphatic heterocycles. The van der Waals surface area contributed by atoms with Gasteiger partial charge in [-0.25, -0.2) is 0 Å². The van der Waals surface area contributed by atoms with Crippen LogP contribution >= 0.6 is 0 Å². The Morgan fingerprint density at radius 3 is 2.21 bits per heavy atom. The number of nitrogens with one attached hydrogen (secondary N) is 1. The monoisotopic (exact) mass is 274 g/mol. The summed E-state index contributed by atoms with van der Waals surface area (Å²) in [4.78, 5) is 12.0. The van der Waals surface area contributed by atoms with E-state index in [4.69, 9.17) is 5.73 Å². The highest BCUT2D eigenvalue weighted by molar-refractivity contribution is 5.87. The smallest absolute Gasteiger partial charge is 0.354 e. The number of carbonyl (C=O) groups excluding carboxylic acids is 1. The SMILES string of the molecule is CC(C)(C(=O)NCCN)c1ccccc1C(F)(F)F. The maximum absolute atomic E-state index is 12.9. The fourth-order valence-electron chi connectivity index (χ4n) is 1.80. The van der Waals surface area contributed by atoms with Crippen molar-refractivity contribution in [2.75, 3.05) is 13.1 Å². The molecule has 0 heterocycles. The van der Waals surface area contributed by atoms with Crippen LogP contribution in [0.4, 0.5) is 13.2 Å². The Kier molecular flexibility index (Phi) is 4.57. The lowest BCUT2D eigenvalue weighted by molar-refractivity contribution is -0.139. The first kappa shape index (κ1) is 15.5. The predicted octanol–water partition coefficient (Wildman–Crippen LogP) is 2.06. The van der Waals surface area contributed by atoms with Gasteiger partial charge in [-0.2, -0.15) is 13.2 Å². The van der Waals surface area contributed by atoms with Crippen LogP contribution in [0.1, 0.15) is 25.0 Å². The van der Waals surface area contributed by atoms with Crippen LogP contribution in [0.15, 0.2) is 24.3 Å². The Balaban J connectivity index is 3.18. The van der Waals surface area contributed by atoms with Gasteiger partial charge < -0.3 is 11.1 Å². The minimum Gasteiger partial charge on any atom is -0.354 e. The summed E-state index contributed by atoms with van der Waals surface area (Å²) in [5, 5.41) is 2.52. The lowest BCUT2D eigenvalue weighted by atomic mass is 9.80. The van der Waals surface area contributed by atoms with E-state index in [0.29, 0.717) is 0 Å². The highest BCUT2D eigenvalue weighted by atomic mass is 19.4. The van der Waals surface area contributed by atoms with Gasteiger partial charge in [0, 0.05) is 13.1 Å². The Labute approximate surface area is 110 Å². The zero-order valence-electron chi connectivity index (χ0n) is 10.8. The second-order valence-electron chi connectivity index (χ2n) is 4.71. The van der Waals surface area contributed by atoms with Gasteiger partial charge in [-0.15, -0.1) is 0 Å². The average Bonchev–Trinajstić information content (AvgIpc) is 2.34. The molecule has 0 atom stereocenters. The highest BCUT2D eigenvalue weighted by Crippen LogP contribution is 2.37. The van der Waals surface area contributed by atoms with Crippen LogP contribution in [0.2, 0.25) is 0 Å². The molecular formula is C13H17F3N2O. The third kappa shape index (κ3) is 3.47. The molecule has 0 aliphatic rings. The number of halogens is 3. The first-order valence-electron chi connectivity index (χ1n) is 5.86. The lowest BCUT2D eigenvalue weighted by Gasteiger charge is -2.27. The van der Waals surface area contributed by atoms with Crippen molar-refractivity contribution in [3.63, 3.8) is 0 Å². The van der Waals surface area contributed by atoms with Crippen LogP contribution in [-0.2, 0) is 16.4 Å². The zero-order chi connectivity index (χ0) is 14.7. The Bertz CT molecular complexity index is 455. The Morgan fingerprint density at radius 1 is 1.21 bits per heavy atom. The molecule has 0 spiro atoms. The summed E-state index contributed by atoms with van der Waals surface area (Å²) >= 11 is 0. The van der Waals surface area contributed by atoms with E-state index in [1.807, 2.05) is 0 Å². The van der Waals surface area contributed by atoms with Crippen molar-refractivity contribution < 1.29 is 18.0 Å². The molecule has 1 rings (SSSR count). The minimum absolute atomic E-state index is 0.0444. The topological polar surface area (TPSA) is 55.1 Å². The molecular weight excluding hydrogens is 257 g/mol. The largest absolute Gasteiger partial charge is 0.416 e. The minimum atomic E-state index is -4.48. The van der Waals surface area contributed by atoms with Crippen molar-refractivity contribution in [2.24, 2.45) is 5.73 Å². The van der Waals surface area contributed by atoms with Crippen molar-refractivity contribution in [1.82, 2.24) is 5.32 Å². The normalized spacial score (nSPS) is 12.3. The average molecular weight is 274 g/mol. The molecule has 0 saturated heterocycles. The van der Waals surface area contributed by atoms with Gasteiger partial charge in [0.15, 0.2) is 0 Å². The van der Waals surface area contributed by atoms with Gasteiger partial charge in [-0.1, -0.05) is 18.2 Å². The maximum Gasteiger partial charge on any atom is 0.416 e. The quantitative estimate of drug-likeness (QED) is 0.883. The molecule has 106 valence electrons. The van der Waals surface area contributed by atoms with Gasteiger partial charge in [0.1, 0.15) is 0 Å². The van der Waals surface area contributed by atoms with Crippen LogP contribution in [-0.4, -0.2) is 19.0 Å². The van der Waals surface area contributed by atoms with Gasteiger partial charge in [-0.05, 0) is 25.5 Å². The molecule has 0 radical (unpaired) electrons. The van der Waals surface area contributed by atoms with Crippen molar-refractivity contribution in [2.45, 2.75) is 25.4 Å². The van der Waals surface area contributed by atoms with Crippen LogP contribution in [0, 0.1) is 0 Å². The Morgan fingerprint density at radius 2 is 1.74 bits per heavy atom. The molecule has 0 aromatic heterocycles. The molecule has 6 heteroatoms. The second-order valence-corrected chi connectivity index (χ2v) is 4.71. The predicted molar refractivity (Wildman–Crippen MR) is 66.5 cm³/mol. The third-order valence-electron chi connectivity index (χ3n) is 2.90. The number of nitrogens with two attached hydrogens (primary N) is 1. The number of carbonyl (C=O) groups is 1. The molecule has 19 heavy (non-hydrogen) atoms. The number of hydrogen-bond acceptors (Lipinski definition) is 2. The van der Waals surface area contributed by atoms with E-state index in [2.05, 4.69) is 5.32 Å². The summed E-state index contributed by atoms with van der Waals surface area (Å²) in [6, 6.07) is 5.10. The summed E-state index contributed by atoms with van der Waals surface area (Å²) < 4.78 is 38.8. The molecule has 0 saturated carbocycles. The maximum atomic E-state index is 12.9. The molecule has 3 nitrogen and oxygen atoms in total. The van der Waals surface area contributed by atoms with E-state index in [1.54, 1.807) is 0 Å². The molecule has 0 bridgehead atoms. The van der Waals surface area contributed by atoms with Crippen molar-refractivity contribution in [3.8, 4) is 0 Å². The van der Waals surface area contributed by atoms with Gasteiger partial charge in [0.25, 0.3) is 0 Å². The summed E-state index contributed by atoms with van der Waals surface area (Å²) in [7, 11) is 0. The van der Waals surface area contributed by atoms with E-state index in [-0.39, 0.29) is 18.7 Å². The van der Waals surface area contributed by atoms with Crippen molar-refractivity contribution >= 4 is 5.91 Å². The standard InChI is InChI=1S/C13H17F3N2O/c1-12(2,11(19)18-8-7-17)9-5-3-4-6-10(9)13(14,15)16/h3-6H,7-8,17H2,1-2H3,(H,18,19). The van der Waals surface area contributed by atoms with Crippen LogP contribution in [0.3, 0.4) is 0 Å². The van der Waals surface area contributed by atoms with Crippen molar-refractivity contribution in [3.05, 3.63) is 35.4 Å². The Hall–Kier alpha value is -1.56. The summed E-state index contributed by atoms with van der Waals surface area (Å²) in [5.41, 5.74) is 3.15. The fraction of sp³-hybridized carbons (Fsp3) is 0.462. The first-order valence-corrected chi connectivity index (χ1v) is 5.86. The van der Waals surface area contributed by atoms with E-state index in [9.17, 15) is 18.0 Å². The van der Waals surface area contributed by atoms with E-state index in [0.717, 1.165) is 6.07 Å². The summed E-state index contributed by atoms with van der Waals surface area (Å²) in [6.07, 6.45) is -4.48. The number of amides is 1. The van der Waals surface area contributed by atoms with Gasteiger partial charge in [-0.3, -0.25) is 4.79 Å².